The zero-order valence-corrected chi connectivity index (χ0v) is 17.1. The number of benzene rings is 1. The van der Waals surface area contributed by atoms with Crippen LogP contribution in [0.15, 0.2) is 24.4 Å². The molecule has 1 N–H and O–H groups in total. The average Bonchev–Trinajstić information content (AvgIpc) is 3.09. The third-order valence-electron chi connectivity index (χ3n) is 5.28. The highest BCUT2D eigenvalue weighted by molar-refractivity contribution is 5.43. The topological polar surface area (TPSA) is 48.3 Å². The number of hydrogen-bond donors (Lipinski definition) is 1. The van der Waals surface area contributed by atoms with Crippen LogP contribution in [0.5, 0.6) is 11.5 Å². The number of imidazole rings is 1. The average molecular weight is 372 g/mol. The molecular formula is C22H33N3O2. The summed E-state index contributed by atoms with van der Waals surface area (Å²) in [7, 11) is 1.70. The van der Waals surface area contributed by atoms with Crippen LogP contribution in [0.2, 0.25) is 0 Å². The van der Waals surface area contributed by atoms with E-state index in [1.807, 2.05) is 12.3 Å². The third-order valence-corrected chi connectivity index (χ3v) is 5.28. The van der Waals surface area contributed by atoms with Crippen LogP contribution in [0.1, 0.15) is 63.2 Å². The lowest BCUT2D eigenvalue weighted by atomic mass is 10.1. The van der Waals surface area contributed by atoms with Crippen LogP contribution in [0, 0.1) is 5.92 Å². The molecule has 5 heteroatoms. The van der Waals surface area contributed by atoms with Crippen LogP contribution in [0.3, 0.4) is 0 Å². The van der Waals surface area contributed by atoms with Crippen LogP contribution in [0.25, 0.3) is 0 Å². The normalized spacial score (nSPS) is 14.9. The summed E-state index contributed by atoms with van der Waals surface area (Å²) in [5.74, 6) is 3.48. The minimum Gasteiger partial charge on any atom is -0.493 e. The smallest absolute Gasteiger partial charge is 0.161 e. The van der Waals surface area contributed by atoms with E-state index in [9.17, 15) is 0 Å². The van der Waals surface area contributed by atoms with Crippen molar-refractivity contribution in [1.82, 2.24) is 14.9 Å². The molecule has 0 aliphatic carbocycles. The van der Waals surface area contributed by atoms with E-state index in [2.05, 4.69) is 47.8 Å². The first-order valence-electron chi connectivity index (χ1n) is 10.2. The van der Waals surface area contributed by atoms with Gasteiger partial charge in [0.15, 0.2) is 11.5 Å². The number of nitrogens with zero attached hydrogens (tertiary/aromatic N) is 2. The van der Waals surface area contributed by atoms with E-state index in [0.29, 0.717) is 12.5 Å². The Morgan fingerprint density at radius 3 is 2.81 bits per heavy atom. The van der Waals surface area contributed by atoms with Gasteiger partial charge < -0.3 is 19.4 Å². The molecular weight excluding hydrogens is 338 g/mol. The molecule has 5 nitrogen and oxygen atoms in total. The van der Waals surface area contributed by atoms with Gasteiger partial charge in [-0.05, 0) is 49.8 Å². The van der Waals surface area contributed by atoms with Gasteiger partial charge in [0.25, 0.3) is 0 Å². The lowest BCUT2D eigenvalue weighted by Crippen LogP contribution is -2.21. The number of ether oxygens (including phenoxy) is 2. The molecule has 1 atom stereocenters. The summed E-state index contributed by atoms with van der Waals surface area (Å²) in [6.07, 6.45) is 6.67. The highest BCUT2D eigenvalue weighted by atomic mass is 16.5. The van der Waals surface area contributed by atoms with E-state index >= 15 is 0 Å². The van der Waals surface area contributed by atoms with E-state index in [0.717, 1.165) is 37.4 Å². The lowest BCUT2D eigenvalue weighted by Gasteiger charge is -2.19. The first-order valence-corrected chi connectivity index (χ1v) is 10.2. The molecule has 0 bridgehead atoms. The summed E-state index contributed by atoms with van der Waals surface area (Å²) < 4.78 is 13.8. The van der Waals surface area contributed by atoms with Crippen LogP contribution in [-0.4, -0.2) is 23.3 Å². The Morgan fingerprint density at radius 1 is 1.19 bits per heavy atom. The number of nitrogens with one attached hydrogen (secondary N) is 1. The van der Waals surface area contributed by atoms with Gasteiger partial charge in [-0.1, -0.05) is 19.9 Å². The SMILES string of the molecule is COc1cc(C(C)NCc2cnc3n2CCCC3)ccc1OCCC(C)C. The Kier molecular flexibility index (Phi) is 6.78. The number of fused-ring (bicyclic) bond motifs is 1. The first kappa shape index (κ1) is 19.7. The van der Waals surface area contributed by atoms with Gasteiger partial charge in [-0.2, -0.15) is 0 Å². The quantitative estimate of drug-likeness (QED) is 0.705. The molecule has 0 spiro atoms. The van der Waals surface area contributed by atoms with Gasteiger partial charge in [0.05, 0.1) is 19.4 Å². The summed E-state index contributed by atoms with van der Waals surface area (Å²) in [4.78, 5) is 4.57. The van der Waals surface area contributed by atoms with Gasteiger partial charge in [0.1, 0.15) is 5.82 Å². The van der Waals surface area contributed by atoms with Crippen LogP contribution >= 0.6 is 0 Å². The number of rotatable bonds is 9. The van der Waals surface area contributed by atoms with E-state index < -0.39 is 0 Å². The van der Waals surface area contributed by atoms with Crippen molar-refractivity contribution in [1.29, 1.82) is 0 Å². The fourth-order valence-corrected chi connectivity index (χ4v) is 3.47. The second-order valence-corrected chi connectivity index (χ2v) is 7.82. The van der Waals surface area contributed by atoms with Gasteiger partial charge >= 0.3 is 0 Å². The highest BCUT2D eigenvalue weighted by Crippen LogP contribution is 2.30. The Morgan fingerprint density at radius 2 is 2.04 bits per heavy atom. The second kappa shape index (κ2) is 9.27. The van der Waals surface area contributed by atoms with E-state index in [4.69, 9.17) is 9.47 Å². The summed E-state index contributed by atoms with van der Waals surface area (Å²) in [5, 5.41) is 3.62. The van der Waals surface area contributed by atoms with Gasteiger partial charge in [-0.25, -0.2) is 4.98 Å². The summed E-state index contributed by atoms with van der Waals surface area (Å²) in [5.41, 5.74) is 2.47. The predicted octanol–water partition coefficient (Wildman–Crippen LogP) is 4.50. The van der Waals surface area contributed by atoms with Gasteiger partial charge in [0.2, 0.25) is 0 Å². The molecule has 0 radical (unpaired) electrons. The van der Waals surface area contributed by atoms with Crippen LogP contribution in [-0.2, 0) is 19.5 Å². The van der Waals surface area contributed by atoms with E-state index in [-0.39, 0.29) is 6.04 Å². The van der Waals surface area contributed by atoms with Crippen molar-refractivity contribution in [2.24, 2.45) is 5.92 Å². The molecule has 1 aromatic carbocycles. The Hall–Kier alpha value is -2.01. The van der Waals surface area contributed by atoms with Crippen molar-refractivity contribution < 1.29 is 9.47 Å². The molecule has 0 saturated heterocycles. The van der Waals surface area contributed by atoms with Gasteiger partial charge in [-0.3, -0.25) is 0 Å². The van der Waals surface area contributed by atoms with E-state index in [1.54, 1.807) is 7.11 Å². The number of methoxy groups -OCH3 is 1. The largest absolute Gasteiger partial charge is 0.493 e. The highest BCUT2D eigenvalue weighted by Gasteiger charge is 2.15. The Bertz CT molecular complexity index is 739. The van der Waals surface area contributed by atoms with Gasteiger partial charge in [-0.15, -0.1) is 0 Å². The summed E-state index contributed by atoms with van der Waals surface area (Å²) in [6, 6.07) is 6.44. The third kappa shape index (κ3) is 5.04. The fourth-order valence-electron chi connectivity index (χ4n) is 3.47. The number of aryl methyl sites for hydroxylation is 1. The molecule has 1 aliphatic rings. The summed E-state index contributed by atoms with van der Waals surface area (Å²) in [6.45, 7) is 9.22. The molecule has 27 heavy (non-hydrogen) atoms. The zero-order valence-electron chi connectivity index (χ0n) is 17.1. The maximum Gasteiger partial charge on any atom is 0.161 e. The monoisotopic (exact) mass is 371 g/mol. The molecule has 3 rings (SSSR count). The second-order valence-electron chi connectivity index (χ2n) is 7.82. The van der Waals surface area contributed by atoms with E-state index in [1.165, 1.54) is 29.9 Å². The van der Waals surface area contributed by atoms with Crippen LogP contribution < -0.4 is 14.8 Å². The first-order chi connectivity index (χ1) is 13.1. The molecule has 0 amide bonds. The summed E-state index contributed by atoms with van der Waals surface area (Å²) >= 11 is 0. The standard InChI is InChI=1S/C22H33N3O2/c1-16(2)10-12-27-20-9-8-18(13-21(20)26-4)17(3)23-14-19-15-24-22-7-5-6-11-25(19)22/h8-9,13,15-17,23H,5-7,10-12,14H2,1-4H3. The van der Waals surface area contributed by atoms with Crippen molar-refractivity contribution >= 4 is 0 Å². The molecule has 148 valence electrons. The molecule has 0 saturated carbocycles. The molecule has 2 heterocycles. The number of hydrogen-bond acceptors (Lipinski definition) is 4. The van der Waals surface area contributed by atoms with Crippen molar-refractivity contribution in [2.45, 2.75) is 65.6 Å². The number of aromatic nitrogens is 2. The minimum atomic E-state index is 0.221. The molecule has 1 aromatic heterocycles. The Labute approximate surface area is 163 Å². The molecule has 1 aliphatic heterocycles. The van der Waals surface area contributed by atoms with Crippen molar-refractivity contribution in [3.63, 3.8) is 0 Å². The maximum atomic E-state index is 5.90. The molecule has 2 aromatic rings. The van der Waals surface area contributed by atoms with Crippen molar-refractivity contribution in [3.05, 3.63) is 41.5 Å². The maximum absolute atomic E-state index is 5.90. The Balaban J connectivity index is 1.60. The zero-order chi connectivity index (χ0) is 19.2. The lowest BCUT2D eigenvalue weighted by molar-refractivity contribution is 0.272. The predicted molar refractivity (Wildman–Crippen MR) is 108 cm³/mol. The molecule has 1 unspecified atom stereocenters. The van der Waals surface area contributed by atoms with Gasteiger partial charge in [0, 0.05) is 31.7 Å². The molecule has 0 fully saturated rings. The minimum absolute atomic E-state index is 0.221. The van der Waals surface area contributed by atoms with Crippen molar-refractivity contribution in [3.8, 4) is 11.5 Å². The fraction of sp³-hybridized carbons (Fsp3) is 0.591. The van der Waals surface area contributed by atoms with Crippen LogP contribution in [0.4, 0.5) is 0 Å². The van der Waals surface area contributed by atoms with Crippen molar-refractivity contribution in [2.75, 3.05) is 13.7 Å².